The number of phenols is 1. The van der Waals surface area contributed by atoms with Gasteiger partial charge in [0.25, 0.3) is 5.91 Å². The first-order valence-electron chi connectivity index (χ1n) is 21.3. The van der Waals surface area contributed by atoms with Crippen LogP contribution in [0, 0.1) is 0 Å². The van der Waals surface area contributed by atoms with Crippen molar-refractivity contribution in [2.75, 3.05) is 39.6 Å². The Kier molecular flexibility index (Phi) is 12.7. The number of amides is 2. The third-order valence-electron chi connectivity index (χ3n) is 11.5. The number of benzene rings is 6. The molecule has 2 heterocycles. The summed E-state index contributed by atoms with van der Waals surface area (Å²) in [6, 6.07) is 26.4. The van der Waals surface area contributed by atoms with Gasteiger partial charge in [-0.3, -0.25) is 14.4 Å². The molecule has 0 saturated heterocycles. The zero-order chi connectivity index (χ0) is 49.3. The van der Waals surface area contributed by atoms with Crippen LogP contribution in [0.15, 0.2) is 141 Å². The number of anilines is 1. The Bertz CT molecular complexity index is 3580. The molecule has 2 aliphatic heterocycles. The summed E-state index contributed by atoms with van der Waals surface area (Å²) in [6.45, 7) is -0.235. The smallest absolute Gasteiger partial charge is 0.336 e. The molecule has 2 aliphatic carbocycles. The summed E-state index contributed by atoms with van der Waals surface area (Å²) < 4.78 is 14.4. The fraction of sp³-hybridized carbons (Fsp3) is 0.113. The zero-order valence-corrected chi connectivity index (χ0v) is 37.5. The third kappa shape index (κ3) is 9.26. The van der Waals surface area contributed by atoms with Gasteiger partial charge < -0.3 is 44.8 Å². The molecule has 346 valence electrons. The second-order valence-corrected chi connectivity index (χ2v) is 16.4. The van der Waals surface area contributed by atoms with Crippen molar-refractivity contribution < 1.29 is 53.2 Å². The lowest BCUT2D eigenvalue weighted by Crippen LogP contribution is -2.23. The van der Waals surface area contributed by atoms with Crippen LogP contribution in [-0.4, -0.2) is 84.9 Å². The standard InChI is InChI=1S/C53H42N4O12/c1-56(2)30-11-16-35-43(24-30)68-44-25-31(57(3)4)12-17-36(44)47(35)33-14-9-28(22-39(33)52(64)65)50(61)54-21-7-5-6-8-46(60)55-27-41-42(59)20-19-38-48(37-18-13-32(58)26-45(37)69-49(38)41)34-15-10-29(51(62)63)23-40(34)53(66)67/h5-20,22-26H,21,27H2,1-4H3,(H5-,54,55,58,59,60,61,62,63,64,65,66,67)/p+1/b7-5+,8-6+. The number of aromatic hydroxyl groups is 1. The molecule has 0 radical (unpaired) electrons. The number of rotatable bonds is 13. The molecule has 0 spiro atoms. The normalized spacial score (nSPS) is 11.5. The van der Waals surface area contributed by atoms with Crippen LogP contribution in [0.1, 0.15) is 47.0 Å². The summed E-state index contributed by atoms with van der Waals surface area (Å²) >= 11 is 0. The van der Waals surface area contributed by atoms with Gasteiger partial charge in [-0.2, -0.15) is 0 Å². The number of carboxylic acids is 3. The van der Waals surface area contributed by atoms with Gasteiger partial charge in [-0.1, -0.05) is 30.4 Å². The molecule has 0 fully saturated rings. The predicted molar refractivity (Wildman–Crippen MR) is 259 cm³/mol. The molecule has 8 rings (SSSR count). The van der Waals surface area contributed by atoms with Crippen molar-refractivity contribution >= 4 is 57.3 Å². The van der Waals surface area contributed by atoms with Crippen molar-refractivity contribution in [2.45, 2.75) is 6.54 Å². The van der Waals surface area contributed by atoms with Crippen molar-refractivity contribution in [3.05, 3.63) is 171 Å². The highest BCUT2D eigenvalue weighted by molar-refractivity contribution is 6.11. The number of carbonyl (C=O) groups is 5. The number of nitrogens with one attached hydrogen (secondary N) is 2. The van der Waals surface area contributed by atoms with Crippen molar-refractivity contribution in [3.8, 4) is 50.7 Å². The quantitative estimate of drug-likeness (QED) is 0.0292. The van der Waals surface area contributed by atoms with Gasteiger partial charge in [0.15, 0.2) is 5.43 Å². The highest BCUT2D eigenvalue weighted by Gasteiger charge is 2.26. The van der Waals surface area contributed by atoms with E-state index < -0.39 is 35.2 Å². The molecule has 0 saturated carbocycles. The first-order chi connectivity index (χ1) is 33.0. The monoisotopic (exact) mass is 927 g/mol. The molecule has 4 aliphatic rings. The minimum absolute atomic E-state index is 0.0300. The number of carboxylic acid groups (broad SMARTS) is 3. The average Bonchev–Trinajstić information content (AvgIpc) is 3.32. The predicted octanol–water partition coefficient (Wildman–Crippen LogP) is 7.14. The minimum Gasteiger partial charge on any atom is -0.507 e. The van der Waals surface area contributed by atoms with Gasteiger partial charge in [0.2, 0.25) is 11.3 Å². The maximum absolute atomic E-state index is 13.3. The maximum Gasteiger partial charge on any atom is 0.336 e. The topological polar surface area (TPSA) is 240 Å². The summed E-state index contributed by atoms with van der Waals surface area (Å²) in [5, 5.41) is 48.3. The molecule has 4 aromatic rings. The molecule has 0 atom stereocenters. The fourth-order valence-corrected chi connectivity index (χ4v) is 8.08. The second kappa shape index (κ2) is 18.9. The van der Waals surface area contributed by atoms with Crippen LogP contribution in [-0.2, 0) is 11.3 Å². The number of allylic oxidation sites excluding steroid dienone is 2. The Balaban J connectivity index is 0.986. The molecule has 16 nitrogen and oxygen atoms in total. The van der Waals surface area contributed by atoms with Crippen LogP contribution in [0.4, 0.5) is 5.69 Å². The number of hydrogen-bond donors (Lipinski definition) is 6. The van der Waals surface area contributed by atoms with Crippen molar-refractivity contribution in [1.82, 2.24) is 15.2 Å². The van der Waals surface area contributed by atoms with E-state index in [1.807, 2.05) is 74.1 Å². The minimum atomic E-state index is -1.40. The van der Waals surface area contributed by atoms with Gasteiger partial charge in [-0.25, -0.2) is 19.0 Å². The summed E-state index contributed by atoms with van der Waals surface area (Å²) in [5.41, 5.74) is 3.20. The van der Waals surface area contributed by atoms with Gasteiger partial charge in [-0.15, -0.1) is 0 Å². The fourth-order valence-electron chi connectivity index (χ4n) is 8.08. The van der Waals surface area contributed by atoms with E-state index in [1.165, 1.54) is 66.8 Å². The van der Waals surface area contributed by atoms with Crippen LogP contribution in [0.3, 0.4) is 0 Å². The van der Waals surface area contributed by atoms with E-state index in [9.17, 15) is 49.2 Å². The van der Waals surface area contributed by atoms with Crippen molar-refractivity contribution in [2.24, 2.45) is 0 Å². The molecule has 2 amide bonds. The third-order valence-corrected chi connectivity index (χ3v) is 11.5. The Hall–Kier alpha value is -9.31. The van der Waals surface area contributed by atoms with Gasteiger partial charge in [0.1, 0.15) is 42.5 Å². The lowest BCUT2D eigenvalue weighted by Gasteiger charge is -2.19. The number of fused-ring (bicyclic) bond motifs is 4. The van der Waals surface area contributed by atoms with E-state index in [1.54, 1.807) is 18.2 Å². The Morgan fingerprint density at radius 3 is 1.94 bits per heavy atom. The molecule has 6 N–H and O–H groups in total. The molecular weight excluding hydrogens is 885 g/mol. The summed E-state index contributed by atoms with van der Waals surface area (Å²) in [4.78, 5) is 77.5. The van der Waals surface area contributed by atoms with Gasteiger partial charge >= 0.3 is 17.9 Å². The van der Waals surface area contributed by atoms with E-state index in [0.29, 0.717) is 49.9 Å². The number of nitrogens with zero attached hydrogens (tertiary/aromatic N) is 2. The highest BCUT2D eigenvalue weighted by atomic mass is 16.4. The average molecular weight is 928 g/mol. The van der Waals surface area contributed by atoms with E-state index in [0.717, 1.165) is 17.1 Å². The van der Waals surface area contributed by atoms with Crippen molar-refractivity contribution in [1.29, 1.82) is 0 Å². The Morgan fingerprint density at radius 2 is 1.28 bits per heavy atom. The van der Waals surface area contributed by atoms with Gasteiger partial charge in [0.05, 0.1) is 34.9 Å². The first kappa shape index (κ1) is 46.2. The molecule has 16 heteroatoms. The lowest BCUT2D eigenvalue weighted by atomic mass is 9.89. The van der Waals surface area contributed by atoms with Gasteiger partial charge in [-0.05, 0) is 77.9 Å². The molecular formula is C53H43N4O12+. The van der Waals surface area contributed by atoms with Gasteiger partial charge in [0, 0.05) is 89.2 Å². The SMILES string of the molecule is CN(C)c1ccc2c(-c3ccc(C(=O)NC/C=C/C=C/C(=O)NCc4c(O)ccc5c(-c6ccc(C(=O)O)cc6C(=O)O)c6ccc(=O)cc-6oc45)cc3C(=O)O)c3ccc(=[N+](C)C)cc-3oc2c1. The van der Waals surface area contributed by atoms with Crippen LogP contribution in [0.2, 0.25) is 0 Å². The summed E-state index contributed by atoms with van der Waals surface area (Å²) in [7, 11) is 7.65. The summed E-state index contributed by atoms with van der Waals surface area (Å²) in [6.07, 6.45) is 5.72. The lowest BCUT2D eigenvalue weighted by molar-refractivity contribution is -0.116. The van der Waals surface area contributed by atoms with Crippen LogP contribution < -0.4 is 30.9 Å². The van der Waals surface area contributed by atoms with Crippen molar-refractivity contribution in [3.63, 3.8) is 0 Å². The molecule has 69 heavy (non-hydrogen) atoms. The Morgan fingerprint density at radius 1 is 0.652 bits per heavy atom. The first-order valence-corrected chi connectivity index (χ1v) is 21.3. The second-order valence-electron chi connectivity index (χ2n) is 16.4. The number of phenolic OH excluding ortho intramolecular Hbond substituents is 1. The number of hydrogen-bond acceptors (Lipinski definition) is 10. The molecule has 4 aromatic carbocycles. The summed E-state index contributed by atoms with van der Waals surface area (Å²) in [5.74, 6) is -4.70. The maximum atomic E-state index is 13.3. The van der Waals surface area contributed by atoms with Crippen LogP contribution >= 0.6 is 0 Å². The zero-order valence-electron chi connectivity index (χ0n) is 37.5. The van der Waals surface area contributed by atoms with E-state index in [-0.39, 0.29) is 63.6 Å². The molecule has 0 bridgehead atoms. The molecule has 0 unspecified atom stereocenters. The van der Waals surface area contributed by atoms with E-state index in [2.05, 4.69) is 10.6 Å². The number of carbonyl (C=O) groups excluding carboxylic acids is 2. The Labute approximate surface area is 392 Å². The molecule has 0 aromatic heterocycles. The van der Waals surface area contributed by atoms with E-state index in [4.69, 9.17) is 8.83 Å². The largest absolute Gasteiger partial charge is 0.507 e. The highest BCUT2D eigenvalue weighted by Crippen LogP contribution is 2.45. The van der Waals surface area contributed by atoms with Crippen LogP contribution in [0.25, 0.3) is 66.8 Å². The van der Waals surface area contributed by atoms with E-state index >= 15 is 0 Å². The number of aromatic carboxylic acids is 3. The van der Waals surface area contributed by atoms with Crippen LogP contribution in [0.5, 0.6) is 5.75 Å².